The van der Waals surface area contributed by atoms with E-state index in [4.69, 9.17) is 10.5 Å². The van der Waals surface area contributed by atoms with Gasteiger partial charge in [-0.2, -0.15) is 5.26 Å². The summed E-state index contributed by atoms with van der Waals surface area (Å²) in [5.74, 6) is 0.268. The summed E-state index contributed by atoms with van der Waals surface area (Å²) in [5.41, 5.74) is 6.67. The van der Waals surface area contributed by atoms with Crippen molar-refractivity contribution in [2.24, 2.45) is 5.73 Å². The number of nitrogens with two attached hydrogens (primary N) is 1. The average Bonchev–Trinajstić information content (AvgIpc) is 2.67. The summed E-state index contributed by atoms with van der Waals surface area (Å²) in [4.78, 5) is 10.5. The van der Waals surface area contributed by atoms with Gasteiger partial charge in [0.2, 0.25) is 0 Å². The third-order valence-corrected chi connectivity index (χ3v) is 4.84. The third kappa shape index (κ3) is 2.38. The Labute approximate surface area is 149 Å². The Morgan fingerprint density at radius 2 is 1.88 bits per heavy atom. The van der Waals surface area contributed by atoms with Crippen molar-refractivity contribution in [3.05, 3.63) is 81.9 Å². The molecule has 3 aromatic carbocycles. The van der Waals surface area contributed by atoms with Crippen LogP contribution in [-0.4, -0.2) is 17.1 Å². The lowest BCUT2D eigenvalue weighted by atomic mass is 9.74. The van der Waals surface area contributed by atoms with Gasteiger partial charge in [-0.05, 0) is 10.9 Å². The molecule has 0 aliphatic carbocycles. The van der Waals surface area contributed by atoms with E-state index in [0.29, 0.717) is 5.75 Å². The molecule has 1 heterocycles. The Kier molecular flexibility index (Phi) is 3.60. The van der Waals surface area contributed by atoms with Crippen LogP contribution in [0, 0.1) is 21.4 Å². The molecule has 3 aromatic rings. The number of hydrogen-bond acceptors (Lipinski definition) is 5. The predicted molar refractivity (Wildman–Crippen MR) is 96.9 cm³/mol. The van der Waals surface area contributed by atoms with E-state index < -0.39 is 16.4 Å². The number of nitrogens with zero attached hydrogens (tertiary/aromatic N) is 2. The fourth-order valence-corrected chi connectivity index (χ4v) is 3.56. The summed E-state index contributed by atoms with van der Waals surface area (Å²) in [7, 11) is 0. The predicted octanol–water partition coefficient (Wildman–Crippen LogP) is 3.49. The second kappa shape index (κ2) is 5.83. The molecule has 4 rings (SSSR count). The molecule has 1 aliphatic heterocycles. The first-order valence-electron chi connectivity index (χ1n) is 8.12. The standard InChI is InChI=1S/C20H15N3O3/c21-11-20(22)12-26-19-16-4-2-1-3-13(16)7-10-17(19)18(20)14-5-8-15(9-6-14)23(24)25/h1-10,18H,12,22H2. The zero-order chi connectivity index (χ0) is 18.3. The molecule has 2 atom stereocenters. The number of nitriles is 1. The molecular formula is C20H15N3O3. The van der Waals surface area contributed by atoms with Gasteiger partial charge in [-0.3, -0.25) is 10.1 Å². The first-order valence-corrected chi connectivity index (χ1v) is 8.12. The molecule has 0 saturated carbocycles. The van der Waals surface area contributed by atoms with Gasteiger partial charge in [0.25, 0.3) is 5.69 Å². The maximum absolute atomic E-state index is 10.9. The Hall–Kier alpha value is -3.43. The van der Waals surface area contributed by atoms with Crippen LogP contribution in [0.25, 0.3) is 10.8 Å². The van der Waals surface area contributed by atoms with Crippen molar-refractivity contribution in [3.63, 3.8) is 0 Å². The lowest BCUT2D eigenvalue weighted by Crippen LogP contribution is -2.52. The highest BCUT2D eigenvalue weighted by Gasteiger charge is 2.44. The van der Waals surface area contributed by atoms with Crippen LogP contribution in [0.15, 0.2) is 60.7 Å². The number of nitro benzene ring substituents is 1. The van der Waals surface area contributed by atoms with Gasteiger partial charge in [-0.25, -0.2) is 0 Å². The number of benzene rings is 3. The zero-order valence-electron chi connectivity index (χ0n) is 13.8. The molecule has 0 radical (unpaired) electrons. The molecule has 0 fully saturated rings. The van der Waals surface area contributed by atoms with E-state index >= 15 is 0 Å². The van der Waals surface area contributed by atoms with Crippen LogP contribution >= 0.6 is 0 Å². The average molecular weight is 345 g/mol. The van der Waals surface area contributed by atoms with Crippen LogP contribution in [0.1, 0.15) is 17.0 Å². The molecule has 2 unspecified atom stereocenters. The van der Waals surface area contributed by atoms with E-state index in [1.165, 1.54) is 12.1 Å². The van der Waals surface area contributed by atoms with E-state index in [2.05, 4.69) is 6.07 Å². The maximum Gasteiger partial charge on any atom is 0.269 e. The molecule has 0 bridgehead atoms. The lowest BCUT2D eigenvalue weighted by molar-refractivity contribution is -0.384. The summed E-state index contributed by atoms with van der Waals surface area (Å²) >= 11 is 0. The first-order chi connectivity index (χ1) is 12.5. The van der Waals surface area contributed by atoms with E-state index in [1.807, 2.05) is 36.4 Å². The zero-order valence-corrected chi connectivity index (χ0v) is 13.8. The van der Waals surface area contributed by atoms with E-state index in [1.54, 1.807) is 12.1 Å². The normalized spacial score (nSPS) is 21.5. The van der Waals surface area contributed by atoms with Gasteiger partial charge in [0.1, 0.15) is 17.9 Å². The maximum atomic E-state index is 10.9. The number of ether oxygens (including phenoxy) is 1. The van der Waals surface area contributed by atoms with Crippen LogP contribution in [0.5, 0.6) is 5.75 Å². The van der Waals surface area contributed by atoms with Gasteiger partial charge >= 0.3 is 0 Å². The Morgan fingerprint density at radius 1 is 1.15 bits per heavy atom. The molecule has 1 aliphatic rings. The van der Waals surface area contributed by atoms with Gasteiger partial charge in [-0.15, -0.1) is 0 Å². The second-order valence-electron chi connectivity index (χ2n) is 6.43. The van der Waals surface area contributed by atoms with Gasteiger partial charge in [0.15, 0.2) is 0 Å². The van der Waals surface area contributed by atoms with E-state index in [-0.39, 0.29) is 12.3 Å². The van der Waals surface area contributed by atoms with Crippen molar-refractivity contribution in [3.8, 4) is 11.8 Å². The monoisotopic (exact) mass is 345 g/mol. The Morgan fingerprint density at radius 3 is 2.58 bits per heavy atom. The SMILES string of the molecule is N#CC1(N)COc2c(ccc3ccccc23)C1c1ccc([N+](=O)[O-])cc1. The smallest absolute Gasteiger partial charge is 0.269 e. The fourth-order valence-electron chi connectivity index (χ4n) is 3.56. The molecule has 6 nitrogen and oxygen atoms in total. The van der Waals surface area contributed by atoms with Crippen LogP contribution in [0.2, 0.25) is 0 Å². The summed E-state index contributed by atoms with van der Waals surface area (Å²) in [6, 6.07) is 20.1. The van der Waals surface area contributed by atoms with Gasteiger partial charge < -0.3 is 10.5 Å². The minimum atomic E-state index is -1.26. The topological polar surface area (TPSA) is 102 Å². The highest BCUT2D eigenvalue weighted by Crippen LogP contribution is 2.45. The fraction of sp³-hybridized carbons (Fsp3) is 0.150. The molecular weight excluding hydrogens is 330 g/mol. The number of fused-ring (bicyclic) bond motifs is 3. The highest BCUT2D eigenvalue weighted by atomic mass is 16.6. The third-order valence-electron chi connectivity index (χ3n) is 4.84. The Bertz CT molecular complexity index is 1060. The van der Waals surface area contributed by atoms with Gasteiger partial charge in [-0.1, -0.05) is 48.5 Å². The van der Waals surface area contributed by atoms with Crippen LogP contribution in [0.3, 0.4) is 0 Å². The quantitative estimate of drug-likeness (QED) is 0.566. The summed E-state index contributed by atoms with van der Waals surface area (Å²) in [5, 5.41) is 22.6. The lowest BCUT2D eigenvalue weighted by Gasteiger charge is -2.38. The minimum Gasteiger partial charge on any atom is -0.490 e. The molecule has 26 heavy (non-hydrogen) atoms. The summed E-state index contributed by atoms with van der Waals surface area (Å²) in [6.45, 7) is 0.0478. The molecule has 2 N–H and O–H groups in total. The van der Waals surface area contributed by atoms with Crippen molar-refractivity contribution >= 4 is 16.5 Å². The summed E-state index contributed by atoms with van der Waals surface area (Å²) < 4.78 is 5.90. The molecule has 128 valence electrons. The van der Waals surface area contributed by atoms with E-state index in [9.17, 15) is 15.4 Å². The van der Waals surface area contributed by atoms with Crippen LogP contribution < -0.4 is 10.5 Å². The number of rotatable bonds is 2. The molecule has 6 heteroatoms. The largest absolute Gasteiger partial charge is 0.490 e. The molecule has 0 spiro atoms. The molecule has 0 amide bonds. The van der Waals surface area contributed by atoms with Crippen molar-refractivity contribution in [1.29, 1.82) is 5.26 Å². The van der Waals surface area contributed by atoms with Crippen LogP contribution in [0.4, 0.5) is 5.69 Å². The number of nitro groups is 1. The van der Waals surface area contributed by atoms with Gasteiger partial charge in [0, 0.05) is 29.0 Å². The van der Waals surface area contributed by atoms with Crippen molar-refractivity contribution in [1.82, 2.24) is 0 Å². The van der Waals surface area contributed by atoms with Gasteiger partial charge in [0.05, 0.1) is 11.0 Å². The number of non-ortho nitro benzene ring substituents is 1. The first kappa shape index (κ1) is 16.1. The van der Waals surface area contributed by atoms with Crippen molar-refractivity contribution in [2.45, 2.75) is 11.5 Å². The summed E-state index contributed by atoms with van der Waals surface area (Å²) in [6.07, 6.45) is 0. The number of hydrogen-bond donors (Lipinski definition) is 1. The van der Waals surface area contributed by atoms with Crippen molar-refractivity contribution in [2.75, 3.05) is 6.61 Å². The minimum absolute atomic E-state index is 0.000812. The highest BCUT2D eigenvalue weighted by molar-refractivity contribution is 5.90. The molecule has 0 aromatic heterocycles. The molecule has 0 saturated heterocycles. The van der Waals surface area contributed by atoms with Crippen molar-refractivity contribution < 1.29 is 9.66 Å². The van der Waals surface area contributed by atoms with Crippen LogP contribution in [-0.2, 0) is 0 Å². The van der Waals surface area contributed by atoms with E-state index in [0.717, 1.165) is 21.9 Å². The second-order valence-corrected chi connectivity index (χ2v) is 6.43. The Balaban J connectivity index is 1.92.